The van der Waals surface area contributed by atoms with Crippen molar-refractivity contribution < 1.29 is 0 Å². The Morgan fingerprint density at radius 3 is 3.30 bits per heavy atom. The number of nitrogens with one attached hydrogen (secondary N) is 1. The van der Waals surface area contributed by atoms with Crippen LogP contribution in [0.15, 0.2) is 35.6 Å². The van der Waals surface area contributed by atoms with Crippen molar-refractivity contribution in [3.05, 3.63) is 35.6 Å². The lowest BCUT2D eigenvalue weighted by Crippen LogP contribution is -2.05. The zero-order valence-corrected chi connectivity index (χ0v) is 5.98. The highest BCUT2D eigenvalue weighted by atomic mass is 14.9. The molecule has 10 heavy (non-hydrogen) atoms. The fraction of sp³-hybridized carbons (Fsp3) is 0.333. The number of rotatable bonds is 0. The monoisotopic (exact) mass is 133 g/mol. The Hall–Kier alpha value is -0.980. The SMILES string of the molecule is C=C1C=C2NCCC2=CC1. The van der Waals surface area contributed by atoms with Gasteiger partial charge in [-0.1, -0.05) is 12.7 Å². The molecule has 1 N–H and O–H groups in total. The quantitative estimate of drug-likeness (QED) is 0.531. The smallest absolute Gasteiger partial charge is 0.0373 e. The van der Waals surface area contributed by atoms with Crippen molar-refractivity contribution in [2.45, 2.75) is 12.8 Å². The average Bonchev–Trinajstić information content (AvgIpc) is 2.33. The predicted molar refractivity (Wildman–Crippen MR) is 42.5 cm³/mol. The molecule has 1 saturated heterocycles. The lowest BCUT2D eigenvalue weighted by molar-refractivity contribution is 0.915. The molecule has 1 aliphatic heterocycles. The molecule has 0 aromatic rings. The lowest BCUT2D eigenvalue weighted by Gasteiger charge is -2.08. The van der Waals surface area contributed by atoms with E-state index in [1.165, 1.54) is 23.3 Å². The van der Waals surface area contributed by atoms with E-state index < -0.39 is 0 Å². The molecule has 52 valence electrons. The van der Waals surface area contributed by atoms with Gasteiger partial charge < -0.3 is 5.32 Å². The van der Waals surface area contributed by atoms with Crippen LogP contribution in [0.25, 0.3) is 0 Å². The maximum Gasteiger partial charge on any atom is 0.0373 e. The van der Waals surface area contributed by atoms with Crippen molar-refractivity contribution in [3.8, 4) is 0 Å². The molecule has 0 unspecified atom stereocenters. The van der Waals surface area contributed by atoms with Crippen molar-refractivity contribution in [1.82, 2.24) is 5.32 Å². The first-order chi connectivity index (χ1) is 4.86. The van der Waals surface area contributed by atoms with Gasteiger partial charge in [0, 0.05) is 12.2 Å². The fourth-order valence-electron chi connectivity index (χ4n) is 1.45. The molecular weight excluding hydrogens is 122 g/mol. The van der Waals surface area contributed by atoms with E-state index in [2.05, 4.69) is 24.0 Å². The molecule has 1 fully saturated rings. The number of allylic oxidation sites excluding steroid dienone is 4. The molecule has 0 aromatic carbocycles. The highest BCUT2D eigenvalue weighted by Crippen LogP contribution is 2.25. The second-order valence-corrected chi connectivity index (χ2v) is 2.83. The van der Waals surface area contributed by atoms with E-state index >= 15 is 0 Å². The molecule has 0 bridgehead atoms. The zero-order chi connectivity index (χ0) is 6.97. The van der Waals surface area contributed by atoms with Gasteiger partial charge in [0.1, 0.15) is 0 Å². The molecule has 0 amide bonds. The minimum atomic E-state index is 1.04. The van der Waals surface area contributed by atoms with Crippen molar-refractivity contribution in [1.29, 1.82) is 0 Å². The zero-order valence-electron chi connectivity index (χ0n) is 5.98. The molecule has 0 saturated carbocycles. The Morgan fingerprint density at radius 1 is 1.50 bits per heavy atom. The van der Waals surface area contributed by atoms with E-state index in [9.17, 15) is 0 Å². The molecule has 1 heterocycles. The van der Waals surface area contributed by atoms with Gasteiger partial charge in [-0.15, -0.1) is 0 Å². The van der Waals surface area contributed by atoms with Gasteiger partial charge in [-0.3, -0.25) is 0 Å². The van der Waals surface area contributed by atoms with Gasteiger partial charge in [0.2, 0.25) is 0 Å². The van der Waals surface area contributed by atoms with Crippen LogP contribution in [0.5, 0.6) is 0 Å². The Labute approximate surface area is 61.1 Å². The summed E-state index contributed by atoms with van der Waals surface area (Å²) in [6.07, 6.45) is 6.67. The van der Waals surface area contributed by atoms with Crippen LogP contribution in [-0.2, 0) is 0 Å². The number of hydrogen-bond acceptors (Lipinski definition) is 1. The van der Waals surface area contributed by atoms with Crippen LogP contribution in [0.1, 0.15) is 12.8 Å². The second kappa shape index (κ2) is 2.01. The third-order valence-corrected chi connectivity index (χ3v) is 2.01. The maximum absolute atomic E-state index is 3.91. The summed E-state index contributed by atoms with van der Waals surface area (Å²) in [5, 5.41) is 3.32. The van der Waals surface area contributed by atoms with Gasteiger partial charge >= 0.3 is 0 Å². The van der Waals surface area contributed by atoms with Crippen molar-refractivity contribution >= 4 is 0 Å². The van der Waals surface area contributed by atoms with Crippen LogP contribution in [-0.4, -0.2) is 6.54 Å². The molecule has 1 nitrogen and oxygen atoms in total. The first-order valence-corrected chi connectivity index (χ1v) is 3.69. The Morgan fingerprint density at radius 2 is 2.40 bits per heavy atom. The van der Waals surface area contributed by atoms with Gasteiger partial charge in [0.15, 0.2) is 0 Å². The Balaban J connectivity index is 2.35. The van der Waals surface area contributed by atoms with Crippen LogP contribution in [0.2, 0.25) is 0 Å². The lowest BCUT2D eigenvalue weighted by atomic mass is 10.0. The molecule has 0 radical (unpaired) electrons. The van der Waals surface area contributed by atoms with Gasteiger partial charge in [0.25, 0.3) is 0 Å². The van der Waals surface area contributed by atoms with E-state index in [4.69, 9.17) is 0 Å². The summed E-state index contributed by atoms with van der Waals surface area (Å²) < 4.78 is 0. The van der Waals surface area contributed by atoms with Gasteiger partial charge in [-0.25, -0.2) is 0 Å². The topological polar surface area (TPSA) is 12.0 Å². The third kappa shape index (κ3) is 0.783. The molecule has 0 atom stereocenters. The summed E-state index contributed by atoms with van der Waals surface area (Å²) in [7, 11) is 0. The van der Waals surface area contributed by atoms with Crippen LogP contribution in [0.3, 0.4) is 0 Å². The summed E-state index contributed by atoms with van der Waals surface area (Å²) in [6, 6.07) is 0. The van der Waals surface area contributed by atoms with E-state index in [0.717, 1.165) is 13.0 Å². The number of hydrogen-bond donors (Lipinski definition) is 1. The van der Waals surface area contributed by atoms with Crippen LogP contribution >= 0.6 is 0 Å². The fourth-order valence-corrected chi connectivity index (χ4v) is 1.45. The van der Waals surface area contributed by atoms with Gasteiger partial charge in [0.05, 0.1) is 0 Å². The summed E-state index contributed by atoms with van der Waals surface area (Å²) >= 11 is 0. The first kappa shape index (κ1) is 5.78. The first-order valence-electron chi connectivity index (χ1n) is 3.69. The average molecular weight is 133 g/mol. The molecule has 2 rings (SSSR count). The van der Waals surface area contributed by atoms with Crippen molar-refractivity contribution in [2.75, 3.05) is 6.54 Å². The standard InChI is InChI=1S/C9H11N/c1-7-2-3-8-4-5-10-9(8)6-7/h3,6,10H,1-2,4-5H2. The minimum absolute atomic E-state index is 1.04. The second-order valence-electron chi connectivity index (χ2n) is 2.83. The molecule has 1 heteroatoms. The van der Waals surface area contributed by atoms with Crippen LogP contribution in [0, 0.1) is 0 Å². The third-order valence-electron chi connectivity index (χ3n) is 2.01. The number of fused-ring (bicyclic) bond motifs is 1. The van der Waals surface area contributed by atoms with E-state index in [0.29, 0.717) is 0 Å². The van der Waals surface area contributed by atoms with Crippen LogP contribution in [0.4, 0.5) is 0 Å². The largest absolute Gasteiger partial charge is 0.384 e. The predicted octanol–water partition coefficient (Wildman–Crippen LogP) is 1.75. The normalized spacial score (nSPS) is 23.0. The Bertz CT molecular complexity index is 233. The van der Waals surface area contributed by atoms with Gasteiger partial charge in [-0.05, 0) is 30.1 Å². The molecular formula is C9H11N. The van der Waals surface area contributed by atoms with E-state index in [1.807, 2.05) is 0 Å². The van der Waals surface area contributed by atoms with Crippen LogP contribution < -0.4 is 5.32 Å². The van der Waals surface area contributed by atoms with Crippen molar-refractivity contribution in [2.24, 2.45) is 0 Å². The summed E-state index contributed by atoms with van der Waals surface area (Å²) in [5.41, 5.74) is 4.00. The minimum Gasteiger partial charge on any atom is -0.384 e. The van der Waals surface area contributed by atoms with Crippen molar-refractivity contribution in [3.63, 3.8) is 0 Å². The summed E-state index contributed by atoms with van der Waals surface area (Å²) in [4.78, 5) is 0. The maximum atomic E-state index is 3.91. The highest BCUT2D eigenvalue weighted by Gasteiger charge is 2.14. The highest BCUT2D eigenvalue weighted by molar-refractivity contribution is 5.43. The summed E-state index contributed by atoms with van der Waals surface area (Å²) in [6.45, 7) is 5.02. The molecule has 0 spiro atoms. The summed E-state index contributed by atoms with van der Waals surface area (Å²) in [5.74, 6) is 0. The van der Waals surface area contributed by atoms with E-state index in [-0.39, 0.29) is 0 Å². The Kier molecular flexibility index (Phi) is 1.16. The molecule has 1 aliphatic carbocycles. The van der Waals surface area contributed by atoms with E-state index in [1.54, 1.807) is 0 Å². The molecule has 0 aromatic heterocycles. The molecule has 2 aliphatic rings. The van der Waals surface area contributed by atoms with Gasteiger partial charge in [-0.2, -0.15) is 0 Å².